The SMILES string of the molecule is CCCCCC(=O)C=CC=CCCCCCCCCC(=O)O. The topological polar surface area (TPSA) is 54.4 Å². The molecule has 22 heavy (non-hydrogen) atoms. The summed E-state index contributed by atoms with van der Waals surface area (Å²) in [6, 6.07) is 0. The minimum atomic E-state index is -0.693. The summed E-state index contributed by atoms with van der Waals surface area (Å²) >= 11 is 0. The van der Waals surface area contributed by atoms with E-state index >= 15 is 0 Å². The number of carbonyl (C=O) groups is 2. The summed E-state index contributed by atoms with van der Waals surface area (Å²) in [5, 5.41) is 8.51. The number of carbonyl (C=O) groups excluding carboxylic acids is 1. The third kappa shape index (κ3) is 16.7. The lowest BCUT2D eigenvalue weighted by molar-refractivity contribution is -0.137. The summed E-state index contributed by atoms with van der Waals surface area (Å²) in [7, 11) is 0. The Morgan fingerprint density at radius 3 is 2.14 bits per heavy atom. The molecule has 3 heteroatoms. The van der Waals surface area contributed by atoms with Crippen LogP contribution in [0, 0.1) is 0 Å². The predicted molar refractivity (Wildman–Crippen MR) is 92.0 cm³/mol. The summed E-state index contributed by atoms with van der Waals surface area (Å²) in [5.41, 5.74) is 0. The molecule has 0 saturated carbocycles. The number of hydrogen-bond acceptors (Lipinski definition) is 2. The average molecular weight is 308 g/mol. The molecule has 0 fully saturated rings. The molecule has 0 spiro atoms. The maximum atomic E-state index is 11.5. The van der Waals surface area contributed by atoms with Crippen molar-refractivity contribution in [2.75, 3.05) is 0 Å². The molecule has 0 unspecified atom stereocenters. The summed E-state index contributed by atoms with van der Waals surface area (Å²) in [4.78, 5) is 21.8. The lowest BCUT2D eigenvalue weighted by Gasteiger charge is -1.99. The Morgan fingerprint density at radius 2 is 1.45 bits per heavy atom. The van der Waals surface area contributed by atoms with Gasteiger partial charge in [0, 0.05) is 12.8 Å². The number of allylic oxidation sites excluding steroid dienone is 4. The smallest absolute Gasteiger partial charge is 0.303 e. The average Bonchev–Trinajstić information content (AvgIpc) is 2.48. The van der Waals surface area contributed by atoms with Gasteiger partial charge in [0.05, 0.1) is 0 Å². The van der Waals surface area contributed by atoms with Gasteiger partial charge < -0.3 is 5.11 Å². The Bertz CT molecular complexity index is 343. The number of ketones is 1. The van der Waals surface area contributed by atoms with Crippen molar-refractivity contribution >= 4 is 11.8 Å². The number of unbranched alkanes of at least 4 members (excludes halogenated alkanes) is 8. The molecule has 0 heterocycles. The number of hydrogen-bond donors (Lipinski definition) is 1. The van der Waals surface area contributed by atoms with Crippen LogP contribution in [-0.4, -0.2) is 16.9 Å². The second kappa shape index (κ2) is 16.0. The van der Waals surface area contributed by atoms with Crippen molar-refractivity contribution in [2.24, 2.45) is 0 Å². The minimum absolute atomic E-state index is 0.222. The third-order valence-electron chi connectivity index (χ3n) is 3.57. The molecule has 0 saturated heterocycles. The highest BCUT2D eigenvalue weighted by Gasteiger charge is 1.96. The Kier molecular flexibility index (Phi) is 15.0. The van der Waals surface area contributed by atoms with Crippen molar-refractivity contribution in [3.05, 3.63) is 24.3 Å². The summed E-state index contributed by atoms with van der Waals surface area (Å²) < 4.78 is 0. The van der Waals surface area contributed by atoms with Crippen LogP contribution in [0.4, 0.5) is 0 Å². The van der Waals surface area contributed by atoms with E-state index in [0.29, 0.717) is 12.8 Å². The fourth-order valence-corrected chi connectivity index (χ4v) is 2.22. The molecule has 126 valence electrons. The molecule has 1 N–H and O–H groups in total. The molecule has 0 aromatic carbocycles. The lowest BCUT2D eigenvalue weighted by Crippen LogP contribution is -1.93. The quantitative estimate of drug-likeness (QED) is 0.248. The molecule has 0 radical (unpaired) electrons. The zero-order chi connectivity index (χ0) is 16.5. The first-order chi connectivity index (χ1) is 10.7. The van der Waals surface area contributed by atoms with Crippen molar-refractivity contribution in [3.63, 3.8) is 0 Å². The van der Waals surface area contributed by atoms with E-state index in [4.69, 9.17) is 5.11 Å². The summed E-state index contributed by atoms with van der Waals surface area (Å²) in [6.45, 7) is 2.14. The second-order valence-corrected chi connectivity index (χ2v) is 5.76. The van der Waals surface area contributed by atoms with E-state index in [0.717, 1.165) is 51.4 Å². The van der Waals surface area contributed by atoms with Gasteiger partial charge in [-0.25, -0.2) is 0 Å². The molecule has 0 aromatic heterocycles. The van der Waals surface area contributed by atoms with Crippen molar-refractivity contribution in [1.29, 1.82) is 0 Å². The van der Waals surface area contributed by atoms with Crippen LogP contribution in [0.1, 0.15) is 84.0 Å². The molecule has 3 nitrogen and oxygen atoms in total. The van der Waals surface area contributed by atoms with Gasteiger partial charge in [-0.3, -0.25) is 9.59 Å². The lowest BCUT2D eigenvalue weighted by atomic mass is 10.1. The number of carboxylic acids is 1. The normalized spacial score (nSPS) is 11.5. The largest absolute Gasteiger partial charge is 0.481 e. The van der Waals surface area contributed by atoms with Gasteiger partial charge in [0.2, 0.25) is 0 Å². The monoisotopic (exact) mass is 308 g/mol. The zero-order valence-electron chi connectivity index (χ0n) is 14.1. The van der Waals surface area contributed by atoms with Crippen molar-refractivity contribution in [3.8, 4) is 0 Å². The van der Waals surface area contributed by atoms with E-state index in [2.05, 4.69) is 13.0 Å². The summed E-state index contributed by atoms with van der Waals surface area (Å²) in [6.07, 6.45) is 19.4. The van der Waals surface area contributed by atoms with E-state index in [1.54, 1.807) is 6.08 Å². The van der Waals surface area contributed by atoms with Crippen molar-refractivity contribution in [2.45, 2.75) is 84.0 Å². The van der Waals surface area contributed by atoms with E-state index in [9.17, 15) is 9.59 Å². The highest BCUT2D eigenvalue weighted by molar-refractivity contribution is 5.89. The maximum absolute atomic E-state index is 11.5. The molecule has 0 aliphatic rings. The molecule has 0 atom stereocenters. The summed E-state index contributed by atoms with van der Waals surface area (Å²) in [5.74, 6) is -0.471. The predicted octanol–water partition coefficient (Wildman–Crippen LogP) is 5.45. The fraction of sp³-hybridized carbons (Fsp3) is 0.684. The van der Waals surface area contributed by atoms with Crippen LogP contribution in [0.5, 0.6) is 0 Å². The molecule has 0 aliphatic heterocycles. The van der Waals surface area contributed by atoms with Gasteiger partial charge in [0.15, 0.2) is 5.78 Å². The Balaban J connectivity index is 3.36. The van der Waals surface area contributed by atoms with Crippen LogP contribution < -0.4 is 0 Å². The first-order valence-electron chi connectivity index (χ1n) is 8.74. The molecule has 0 bridgehead atoms. The second-order valence-electron chi connectivity index (χ2n) is 5.76. The fourth-order valence-electron chi connectivity index (χ4n) is 2.22. The Morgan fingerprint density at radius 1 is 0.818 bits per heavy atom. The Labute approximate surface area is 135 Å². The Hall–Kier alpha value is -1.38. The van der Waals surface area contributed by atoms with Crippen LogP contribution in [0.25, 0.3) is 0 Å². The molecule has 0 amide bonds. The van der Waals surface area contributed by atoms with Gasteiger partial charge in [0.25, 0.3) is 0 Å². The van der Waals surface area contributed by atoms with E-state index in [1.165, 1.54) is 12.8 Å². The number of carboxylic acid groups (broad SMARTS) is 1. The van der Waals surface area contributed by atoms with Gasteiger partial charge in [-0.1, -0.05) is 63.7 Å². The minimum Gasteiger partial charge on any atom is -0.481 e. The van der Waals surface area contributed by atoms with E-state index in [1.807, 2.05) is 12.2 Å². The van der Waals surface area contributed by atoms with Crippen LogP contribution in [0.3, 0.4) is 0 Å². The van der Waals surface area contributed by atoms with Crippen molar-refractivity contribution < 1.29 is 14.7 Å². The van der Waals surface area contributed by atoms with Gasteiger partial charge in [0.1, 0.15) is 0 Å². The van der Waals surface area contributed by atoms with Gasteiger partial charge in [-0.05, 0) is 31.8 Å². The molecule has 0 aromatic rings. The van der Waals surface area contributed by atoms with Gasteiger partial charge >= 0.3 is 5.97 Å². The van der Waals surface area contributed by atoms with E-state index < -0.39 is 5.97 Å². The maximum Gasteiger partial charge on any atom is 0.303 e. The first-order valence-corrected chi connectivity index (χ1v) is 8.74. The van der Waals surface area contributed by atoms with Crippen LogP contribution in [0.15, 0.2) is 24.3 Å². The zero-order valence-corrected chi connectivity index (χ0v) is 14.1. The molecular weight excluding hydrogens is 276 g/mol. The highest BCUT2D eigenvalue weighted by atomic mass is 16.4. The van der Waals surface area contributed by atoms with Gasteiger partial charge in [-0.15, -0.1) is 0 Å². The van der Waals surface area contributed by atoms with Crippen molar-refractivity contribution in [1.82, 2.24) is 0 Å². The standard InChI is InChI=1S/C19H32O3/c1-2-3-12-15-18(20)16-13-10-8-6-4-5-7-9-11-14-17-19(21)22/h8,10,13,16H,2-7,9,11-12,14-15,17H2,1H3,(H,21,22). The molecule has 0 rings (SSSR count). The number of aliphatic carboxylic acids is 1. The highest BCUT2D eigenvalue weighted by Crippen LogP contribution is 2.09. The van der Waals surface area contributed by atoms with Crippen LogP contribution >= 0.6 is 0 Å². The first kappa shape index (κ1) is 20.6. The van der Waals surface area contributed by atoms with E-state index in [-0.39, 0.29) is 5.78 Å². The molecular formula is C19H32O3. The molecule has 0 aliphatic carbocycles. The number of rotatable bonds is 15. The van der Waals surface area contributed by atoms with Crippen LogP contribution in [0.2, 0.25) is 0 Å². The van der Waals surface area contributed by atoms with Gasteiger partial charge in [-0.2, -0.15) is 0 Å². The van der Waals surface area contributed by atoms with Crippen LogP contribution in [-0.2, 0) is 9.59 Å². The third-order valence-corrected chi connectivity index (χ3v) is 3.57.